The summed E-state index contributed by atoms with van der Waals surface area (Å²) in [6.45, 7) is 4.04. The number of hydrogen-bond donors (Lipinski definition) is 2. The van der Waals surface area contributed by atoms with E-state index in [2.05, 4.69) is 16.9 Å². The van der Waals surface area contributed by atoms with Crippen LogP contribution in [0.25, 0.3) is 11.0 Å². The van der Waals surface area contributed by atoms with Gasteiger partial charge in [0.25, 0.3) is 0 Å². The third-order valence-electron chi connectivity index (χ3n) is 5.02. The van der Waals surface area contributed by atoms with Gasteiger partial charge in [0.2, 0.25) is 5.16 Å². The van der Waals surface area contributed by atoms with Gasteiger partial charge < -0.3 is 5.11 Å². The second kappa shape index (κ2) is 10.2. The zero-order valence-corrected chi connectivity index (χ0v) is 20.1. The van der Waals surface area contributed by atoms with Gasteiger partial charge in [-0.15, -0.1) is 11.8 Å². The number of hydrogen-bond acceptors (Lipinski definition) is 7. The topological polar surface area (TPSA) is 111 Å². The molecule has 0 spiro atoms. The summed E-state index contributed by atoms with van der Waals surface area (Å²) in [5.41, 5.74) is 7.48. The minimum Gasteiger partial charge on any atom is -0.478 e. The zero-order chi connectivity index (χ0) is 22.6. The van der Waals surface area contributed by atoms with Crippen LogP contribution in [0, 0.1) is 6.92 Å². The summed E-state index contributed by atoms with van der Waals surface area (Å²) in [6.07, 6.45) is 3.78. The summed E-state index contributed by atoms with van der Waals surface area (Å²) >= 11 is 3.21. The van der Waals surface area contributed by atoms with Crippen molar-refractivity contribution in [1.82, 2.24) is 14.5 Å². The van der Waals surface area contributed by atoms with Crippen LogP contribution in [0.1, 0.15) is 24.6 Å². The molecule has 2 unspecified atom stereocenters. The van der Waals surface area contributed by atoms with Gasteiger partial charge in [0.1, 0.15) is 0 Å². The number of fused-ring (bicyclic) bond motifs is 1. The Kier molecular flexibility index (Phi) is 7.79. The Morgan fingerprint density at radius 3 is 2.74 bits per heavy atom. The van der Waals surface area contributed by atoms with Gasteiger partial charge in [-0.2, -0.15) is 11.8 Å². The molecule has 0 saturated heterocycles. The number of carboxylic acid groups (broad SMARTS) is 1. The molecule has 7 nitrogen and oxygen atoms in total. The van der Waals surface area contributed by atoms with Crippen molar-refractivity contribution in [3.63, 3.8) is 0 Å². The summed E-state index contributed by atoms with van der Waals surface area (Å²) < 4.78 is 14.9. The van der Waals surface area contributed by atoms with Gasteiger partial charge in [0, 0.05) is 17.5 Å². The third kappa shape index (κ3) is 4.82. The molecule has 0 aliphatic heterocycles. The number of thioether (sulfide) groups is 2. The van der Waals surface area contributed by atoms with Crippen molar-refractivity contribution < 1.29 is 14.1 Å². The molecule has 1 aromatic carbocycles. The number of nitrogens with zero attached hydrogens (tertiary/aromatic N) is 3. The largest absolute Gasteiger partial charge is 0.478 e. The molecule has 0 amide bonds. The van der Waals surface area contributed by atoms with E-state index in [4.69, 9.17) is 5.73 Å². The monoisotopic (exact) mass is 478 g/mol. The van der Waals surface area contributed by atoms with Gasteiger partial charge in [0.15, 0.2) is 5.66 Å². The fourth-order valence-corrected chi connectivity index (χ4v) is 5.97. The maximum Gasteiger partial charge on any atom is 0.345 e. The highest BCUT2D eigenvalue weighted by Gasteiger charge is 2.40. The number of aliphatic carboxylic acids is 1. The first kappa shape index (κ1) is 23.8. The lowest BCUT2D eigenvalue weighted by Gasteiger charge is -2.28. The van der Waals surface area contributed by atoms with E-state index >= 15 is 0 Å². The van der Waals surface area contributed by atoms with Crippen LogP contribution in [-0.4, -0.2) is 47.6 Å². The maximum absolute atomic E-state index is 13.5. The van der Waals surface area contributed by atoms with E-state index < -0.39 is 22.4 Å². The van der Waals surface area contributed by atoms with Crippen molar-refractivity contribution in [2.24, 2.45) is 5.73 Å². The van der Waals surface area contributed by atoms with Gasteiger partial charge in [-0.25, -0.2) is 9.78 Å². The van der Waals surface area contributed by atoms with Crippen LogP contribution in [0.3, 0.4) is 0 Å². The van der Waals surface area contributed by atoms with E-state index in [0.717, 1.165) is 16.2 Å². The molecule has 31 heavy (non-hydrogen) atoms. The number of carbonyl (C=O) groups is 1. The number of carboxylic acids is 1. The van der Waals surface area contributed by atoms with Crippen molar-refractivity contribution in [3.05, 3.63) is 47.8 Å². The smallest absolute Gasteiger partial charge is 0.345 e. The first-order valence-electron chi connectivity index (χ1n) is 9.78. The molecule has 0 bridgehead atoms. The molecule has 0 saturated carbocycles. The van der Waals surface area contributed by atoms with E-state index in [1.807, 2.05) is 25.3 Å². The van der Waals surface area contributed by atoms with Crippen LogP contribution in [0.5, 0.6) is 0 Å². The molecule has 0 aliphatic carbocycles. The molecule has 0 aliphatic rings. The van der Waals surface area contributed by atoms with Crippen LogP contribution >= 0.6 is 23.5 Å². The summed E-state index contributed by atoms with van der Waals surface area (Å²) in [7, 11) is -1.64. The zero-order valence-electron chi connectivity index (χ0n) is 17.7. The lowest BCUT2D eigenvalue weighted by molar-refractivity contribution is -0.147. The van der Waals surface area contributed by atoms with Crippen molar-refractivity contribution in [2.45, 2.75) is 41.7 Å². The summed E-state index contributed by atoms with van der Waals surface area (Å²) in [6, 6.07) is 9.08. The second-order valence-corrected chi connectivity index (χ2v) is 10.6. The number of aromatic nitrogens is 3. The Morgan fingerprint density at radius 2 is 2.06 bits per heavy atom. The number of benzene rings is 1. The highest BCUT2D eigenvalue weighted by molar-refractivity contribution is 7.99. The summed E-state index contributed by atoms with van der Waals surface area (Å²) in [4.78, 5) is 22.3. The maximum atomic E-state index is 13.5. The average Bonchev–Trinajstić information content (AvgIpc) is 3.15. The Balaban J connectivity index is 2.10. The van der Waals surface area contributed by atoms with Crippen LogP contribution in [0.4, 0.5) is 0 Å². The number of rotatable bonds is 10. The molecule has 0 fully saturated rings. The SMILES string of the molecule is CCSc1ccnc(CS(=O)c2nc3ccccc3n2C(N)(CCSC)C(=O)O)c1C. The molecule has 3 aromatic rings. The molecule has 2 atom stereocenters. The van der Waals surface area contributed by atoms with E-state index in [1.165, 1.54) is 16.3 Å². The molecule has 10 heteroatoms. The highest BCUT2D eigenvalue weighted by atomic mass is 32.2. The van der Waals surface area contributed by atoms with Crippen molar-refractivity contribution in [3.8, 4) is 0 Å². The second-order valence-electron chi connectivity index (χ2n) is 6.99. The minimum atomic E-state index is -1.76. The van der Waals surface area contributed by atoms with Gasteiger partial charge in [-0.3, -0.25) is 19.5 Å². The van der Waals surface area contributed by atoms with Crippen LogP contribution < -0.4 is 5.73 Å². The molecule has 3 N–H and O–H groups in total. The molecule has 2 aromatic heterocycles. The Morgan fingerprint density at radius 1 is 1.32 bits per heavy atom. The fourth-order valence-electron chi connectivity index (χ4n) is 3.32. The first-order chi connectivity index (χ1) is 14.8. The lowest BCUT2D eigenvalue weighted by Crippen LogP contribution is -2.51. The molecular formula is C21H26N4O3S3. The molecule has 3 rings (SSSR count). The van der Waals surface area contributed by atoms with Crippen molar-refractivity contribution in [1.29, 1.82) is 0 Å². The van der Waals surface area contributed by atoms with Gasteiger partial charge in [-0.1, -0.05) is 19.1 Å². The molecular weight excluding hydrogens is 452 g/mol. The van der Waals surface area contributed by atoms with Crippen molar-refractivity contribution in [2.75, 3.05) is 17.8 Å². The lowest BCUT2D eigenvalue weighted by atomic mass is 10.1. The van der Waals surface area contributed by atoms with E-state index in [-0.39, 0.29) is 17.3 Å². The standard InChI is InChI=1S/C21H26N4O3S3/c1-4-30-18-9-11-23-16(14(18)2)13-31(28)20-24-15-7-5-6-8-17(15)25(20)21(22,19(26)27)10-12-29-3/h5-9,11H,4,10,12-13,22H2,1-3H3,(H,26,27). The highest BCUT2D eigenvalue weighted by Crippen LogP contribution is 2.30. The van der Waals surface area contributed by atoms with E-state index in [9.17, 15) is 14.1 Å². The van der Waals surface area contributed by atoms with Crippen LogP contribution in [0.2, 0.25) is 0 Å². The molecule has 166 valence electrons. The third-order valence-corrected chi connectivity index (χ3v) is 7.89. The predicted octanol–water partition coefficient (Wildman–Crippen LogP) is 3.61. The van der Waals surface area contributed by atoms with E-state index in [1.54, 1.807) is 36.2 Å². The fraction of sp³-hybridized carbons (Fsp3) is 0.381. The average molecular weight is 479 g/mol. The minimum absolute atomic E-state index is 0.130. The quantitative estimate of drug-likeness (QED) is 0.425. The normalized spacial score (nSPS) is 14.5. The summed E-state index contributed by atoms with van der Waals surface area (Å²) in [5, 5.41) is 10.2. The van der Waals surface area contributed by atoms with Crippen molar-refractivity contribution >= 4 is 51.3 Å². The van der Waals surface area contributed by atoms with Gasteiger partial charge in [-0.05, 0) is 48.4 Å². The Hall–Kier alpha value is -1.88. The van der Waals surface area contributed by atoms with Crippen LogP contribution in [0.15, 0.2) is 46.6 Å². The number of pyridine rings is 1. The number of nitrogens with two attached hydrogens (primary N) is 1. The molecule has 2 heterocycles. The number of para-hydroxylation sites is 2. The van der Waals surface area contributed by atoms with E-state index in [0.29, 0.717) is 22.5 Å². The first-order valence-corrected chi connectivity index (χ1v) is 13.5. The van der Waals surface area contributed by atoms with Gasteiger partial charge in [0.05, 0.1) is 33.3 Å². The van der Waals surface area contributed by atoms with Gasteiger partial charge >= 0.3 is 5.97 Å². The molecule has 0 radical (unpaired) electrons. The number of imidazole rings is 1. The Bertz CT molecular complexity index is 1120. The Labute approximate surface area is 192 Å². The van der Waals surface area contributed by atoms with Crippen LogP contribution in [-0.2, 0) is 27.0 Å². The summed E-state index contributed by atoms with van der Waals surface area (Å²) in [5.74, 6) is 0.412. The predicted molar refractivity (Wildman–Crippen MR) is 128 cm³/mol.